The molecule has 0 bridgehead atoms. The SMILES string of the molecule is CC(C)C[C@@]1(C(=O)NCCN2CCOCC2)N=CN(CC2CC2)[C@H]1c1ccc(Cl)cc1O. The van der Waals surface area contributed by atoms with Gasteiger partial charge in [-0.3, -0.25) is 14.7 Å². The van der Waals surface area contributed by atoms with E-state index in [1.54, 1.807) is 12.1 Å². The quantitative estimate of drug-likeness (QED) is 0.589. The molecule has 2 heterocycles. The number of phenolic OH excluding ortho intramolecular Hbond substituents is 1. The number of hydrogen-bond donors (Lipinski definition) is 2. The highest BCUT2D eigenvalue weighted by atomic mass is 35.5. The number of nitrogens with zero attached hydrogens (tertiary/aromatic N) is 3. The van der Waals surface area contributed by atoms with E-state index < -0.39 is 5.54 Å². The molecular formula is C24H35ClN4O3. The van der Waals surface area contributed by atoms with Crippen LogP contribution in [0.5, 0.6) is 5.75 Å². The summed E-state index contributed by atoms with van der Waals surface area (Å²) in [5.41, 5.74) is -0.282. The van der Waals surface area contributed by atoms with Gasteiger partial charge in [0.1, 0.15) is 5.75 Å². The number of nitrogens with one attached hydrogen (secondary N) is 1. The Bertz CT molecular complexity index is 839. The number of benzene rings is 1. The molecule has 2 atom stereocenters. The van der Waals surface area contributed by atoms with Gasteiger partial charge in [-0.25, -0.2) is 0 Å². The van der Waals surface area contributed by atoms with E-state index in [1.165, 1.54) is 12.8 Å². The molecule has 1 aromatic carbocycles. The molecule has 0 spiro atoms. The van der Waals surface area contributed by atoms with E-state index in [2.05, 4.69) is 29.0 Å². The molecule has 1 saturated heterocycles. The Kier molecular flexibility index (Phi) is 7.27. The minimum absolute atomic E-state index is 0.0756. The third-order valence-electron chi connectivity index (χ3n) is 6.60. The van der Waals surface area contributed by atoms with E-state index in [9.17, 15) is 9.90 Å². The zero-order chi connectivity index (χ0) is 22.7. The molecular weight excluding hydrogens is 428 g/mol. The van der Waals surface area contributed by atoms with Crippen LogP contribution >= 0.6 is 11.6 Å². The molecule has 1 aromatic rings. The zero-order valence-corrected chi connectivity index (χ0v) is 19.9. The minimum atomic E-state index is -0.987. The highest BCUT2D eigenvalue weighted by molar-refractivity contribution is 6.30. The second-order valence-electron chi connectivity index (χ2n) is 9.72. The number of rotatable bonds is 9. The molecule has 1 aliphatic carbocycles. The largest absolute Gasteiger partial charge is 0.508 e. The molecule has 32 heavy (non-hydrogen) atoms. The van der Waals surface area contributed by atoms with Crippen molar-refractivity contribution in [3.63, 3.8) is 0 Å². The molecule has 7 nitrogen and oxygen atoms in total. The van der Waals surface area contributed by atoms with Gasteiger partial charge in [0.15, 0.2) is 5.54 Å². The van der Waals surface area contributed by atoms with Crippen LogP contribution in [-0.2, 0) is 9.53 Å². The van der Waals surface area contributed by atoms with Gasteiger partial charge in [-0.05, 0) is 43.2 Å². The number of aliphatic imine (C=N–C) groups is 1. The lowest BCUT2D eigenvalue weighted by atomic mass is 9.78. The number of phenols is 1. The molecule has 2 fully saturated rings. The fourth-order valence-electron chi connectivity index (χ4n) is 4.89. The molecule has 0 unspecified atom stereocenters. The van der Waals surface area contributed by atoms with Crippen molar-refractivity contribution in [1.82, 2.24) is 15.1 Å². The van der Waals surface area contributed by atoms with Crippen LogP contribution in [-0.4, -0.2) is 78.6 Å². The molecule has 1 saturated carbocycles. The highest BCUT2D eigenvalue weighted by Gasteiger charge is 2.53. The monoisotopic (exact) mass is 462 g/mol. The van der Waals surface area contributed by atoms with Gasteiger partial charge in [-0.1, -0.05) is 31.5 Å². The molecule has 0 radical (unpaired) electrons. The Morgan fingerprint density at radius 1 is 1.34 bits per heavy atom. The Morgan fingerprint density at radius 3 is 2.75 bits per heavy atom. The van der Waals surface area contributed by atoms with Gasteiger partial charge >= 0.3 is 0 Å². The van der Waals surface area contributed by atoms with Crippen molar-refractivity contribution in [2.24, 2.45) is 16.8 Å². The van der Waals surface area contributed by atoms with E-state index in [1.807, 2.05) is 12.4 Å². The van der Waals surface area contributed by atoms with Gasteiger partial charge in [0.05, 0.1) is 25.6 Å². The number of hydrogen-bond acceptors (Lipinski definition) is 6. The Morgan fingerprint density at radius 2 is 2.09 bits per heavy atom. The van der Waals surface area contributed by atoms with Gasteiger partial charge in [0, 0.05) is 43.3 Å². The normalized spacial score (nSPS) is 26.1. The van der Waals surface area contributed by atoms with E-state index in [0.29, 0.717) is 29.5 Å². The maximum atomic E-state index is 13.8. The Labute approximate surface area is 195 Å². The molecule has 8 heteroatoms. The van der Waals surface area contributed by atoms with Crippen LogP contribution < -0.4 is 5.32 Å². The van der Waals surface area contributed by atoms with Crippen LogP contribution in [0.4, 0.5) is 0 Å². The maximum Gasteiger partial charge on any atom is 0.250 e. The van der Waals surface area contributed by atoms with Crippen LogP contribution in [0, 0.1) is 11.8 Å². The second-order valence-corrected chi connectivity index (χ2v) is 10.2. The Balaban J connectivity index is 1.58. The topological polar surface area (TPSA) is 77.4 Å². The van der Waals surface area contributed by atoms with Crippen LogP contribution in [0.3, 0.4) is 0 Å². The van der Waals surface area contributed by atoms with Crippen LogP contribution in [0.25, 0.3) is 0 Å². The lowest BCUT2D eigenvalue weighted by Crippen LogP contribution is -2.53. The summed E-state index contributed by atoms with van der Waals surface area (Å²) in [7, 11) is 0. The van der Waals surface area contributed by atoms with Gasteiger partial charge < -0.3 is 20.1 Å². The summed E-state index contributed by atoms with van der Waals surface area (Å²) in [6.45, 7) is 9.68. The number of aromatic hydroxyl groups is 1. The van der Waals surface area contributed by atoms with E-state index in [0.717, 1.165) is 39.4 Å². The van der Waals surface area contributed by atoms with Crippen molar-refractivity contribution in [3.05, 3.63) is 28.8 Å². The molecule has 1 amide bonds. The number of amides is 1. The lowest BCUT2D eigenvalue weighted by molar-refractivity contribution is -0.128. The van der Waals surface area contributed by atoms with Gasteiger partial charge in [0.2, 0.25) is 0 Å². The standard InChI is InChI=1S/C24H35ClN4O3/c1-17(2)14-24(23(31)26-7-8-28-9-11-32-12-10-28)22(20-6-5-19(25)13-21(20)30)29(16-27-24)15-18-3-4-18/h5-6,13,16-18,22,30H,3-4,7-12,14-15H2,1-2H3,(H,26,31)/t22-,24+/m0/s1. The van der Waals surface area contributed by atoms with E-state index in [-0.39, 0.29) is 23.6 Å². The molecule has 2 aliphatic heterocycles. The predicted octanol–water partition coefficient (Wildman–Crippen LogP) is 3.07. The third-order valence-corrected chi connectivity index (χ3v) is 6.84. The fraction of sp³-hybridized carbons (Fsp3) is 0.667. The van der Waals surface area contributed by atoms with Crippen LogP contribution in [0.15, 0.2) is 23.2 Å². The molecule has 2 N–H and O–H groups in total. The molecule has 176 valence electrons. The highest BCUT2D eigenvalue weighted by Crippen LogP contribution is 2.47. The average molecular weight is 463 g/mol. The number of halogens is 1. The number of ether oxygens (including phenoxy) is 1. The van der Waals surface area contributed by atoms with Crippen molar-refractivity contribution < 1.29 is 14.6 Å². The Hall–Kier alpha value is -1.83. The summed E-state index contributed by atoms with van der Waals surface area (Å²) in [6.07, 6.45) is 4.83. The fourth-order valence-corrected chi connectivity index (χ4v) is 5.06. The summed E-state index contributed by atoms with van der Waals surface area (Å²) in [5.74, 6) is 0.920. The number of carbonyl (C=O) groups excluding carboxylic acids is 1. The lowest BCUT2D eigenvalue weighted by Gasteiger charge is -2.38. The number of morpholine rings is 1. The molecule has 0 aromatic heterocycles. The summed E-state index contributed by atoms with van der Waals surface area (Å²) < 4.78 is 5.41. The average Bonchev–Trinajstić information content (AvgIpc) is 3.50. The maximum absolute atomic E-state index is 13.8. The van der Waals surface area contributed by atoms with Crippen molar-refractivity contribution in [2.75, 3.05) is 45.9 Å². The third kappa shape index (κ3) is 5.21. The first-order chi connectivity index (χ1) is 15.4. The molecule has 4 rings (SSSR count). The summed E-state index contributed by atoms with van der Waals surface area (Å²) >= 11 is 6.12. The number of carbonyl (C=O) groups is 1. The smallest absolute Gasteiger partial charge is 0.250 e. The van der Waals surface area contributed by atoms with Crippen LogP contribution in [0.1, 0.15) is 44.7 Å². The first kappa shape index (κ1) is 23.3. The van der Waals surface area contributed by atoms with Gasteiger partial charge in [0.25, 0.3) is 5.91 Å². The predicted molar refractivity (Wildman–Crippen MR) is 126 cm³/mol. The summed E-state index contributed by atoms with van der Waals surface area (Å²) in [4.78, 5) is 23.1. The zero-order valence-electron chi connectivity index (χ0n) is 19.1. The van der Waals surface area contributed by atoms with Gasteiger partial charge in [-0.2, -0.15) is 0 Å². The van der Waals surface area contributed by atoms with Crippen molar-refractivity contribution >= 4 is 23.8 Å². The first-order valence-electron chi connectivity index (χ1n) is 11.8. The van der Waals surface area contributed by atoms with Crippen molar-refractivity contribution in [1.29, 1.82) is 0 Å². The second kappa shape index (κ2) is 9.98. The van der Waals surface area contributed by atoms with E-state index >= 15 is 0 Å². The molecule has 3 aliphatic rings. The first-order valence-corrected chi connectivity index (χ1v) is 12.1. The van der Waals surface area contributed by atoms with Crippen molar-refractivity contribution in [3.8, 4) is 5.75 Å². The van der Waals surface area contributed by atoms with Gasteiger partial charge in [-0.15, -0.1) is 0 Å². The summed E-state index contributed by atoms with van der Waals surface area (Å²) in [6, 6.07) is 4.82. The minimum Gasteiger partial charge on any atom is -0.508 e. The van der Waals surface area contributed by atoms with Crippen molar-refractivity contribution in [2.45, 2.75) is 44.7 Å². The van der Waals surface area contributed by atoms with E-state index in [4.69, 9.17) is 21.3 Å². The van der Waals surface area contributed by atoms with Crippen LogP contribution in [0.2, 0.25) is 5.02 Å². The summed E-state index contributed by atoms with van der Waals surface area (Å²) in [5, 5.41) is 14.4.